The van der Waals surface area contributed by atoms with Crippen molar-refractivity contribution in [1.29, 1.82) is 0 Å². The van der Waals surface area contributed by atoms with E-state index in [0.717, 1.165) is 16.5 Å². The summed E-state index contributed by atoms with van der Waals surface area (Å²) < 4.78 is 0. The van der Waals surface area contributed by atoms with E-state index in [1.807, 2.05) is 13.8 Å². The van der Waals surface area contributed by atoms with Crippen molar-refractivity contribution in [3.63, 3.8) is 0 Å². The van der Waals surface area contributed by atoms with E-state index < -0.39 is 0 Å². The van der Waals surface area contributed by atoms with E-state index in [1.54, 1.807) is 0 Å². The molecule has 0 rings (SSSR count). The summed E-state index contributed by atoms with van der Waals surface area (Å²) in [5.41, 5.74) is 2.55. The number of nitrogens with zero attached hydrogens (tertiary/aromatic N) is 1. The van der Waals surface area contributed by atoms with Crippen molar-refractivity contribution >= 4 is 16.9 Å². The van der Waals surface area contributed by atoms with E-state index in [4.69, 9.17) is 5.84 Å². The summed E-state index contributed by atoms with van der Waals surface area (Å²) in [6, 6.07) is 0.258. The Morgan fingerprint density at radius 1 is 1.67 bits per heavy atom. The molecule has 0 bridgehead atoms. The van der Waals surface area contributed by atoms with Crippen LogP contribution in [0.2, 0.25) is 0 Å². The molecule has 0 aliphatic heterocycles. The van der Waals surface area contributed by atoms with E-state index in [2.05, 4.69) is 23.9 Å². The Bertz CT molecular complexity index is 175. The fourth-order valence-electron chi connectivity index (χ4n) is 0.536. The van der Waals surface area contributed by atoms with Gasteiger partial charge in [0.1, 0.15) is 0 Å². The average Bonchev–Trinajstić information content (AvgIpc) is 2.02. The quantitative estimate of drug-likeness (QED) is 0.307. The largest absolute Gasteiger partial charge is 0.303 e. The number of nitrogens with one attached hydrogen (secondary N) is 1. The molecule has 70 valence electrons. The highest BCUT2D eigenvalue weighted by Crippen LogP contribution is 2.17. The van der Waals surface area contributed by atoms with Crippen LogP contribution in [0.3, 0.4) is 0 Å². The third kappa shape index (κ3) is 5.21. The smallest absolute Gasteiger partial charge is 0.175 e. The fraction of sp³-hybridized carbons (Fsp3) is 0.625. The van der Waals surface area contributed by atoms with Gasteiger partial charge >= 0.3 is 0 Å². The molecule has 0 amide bonds. The minimum absolute atomic E-state index is 0.258. The van der Waals surface area contributed by atoms with Gasteiger partial charge in [0.25, 0.3) is 0 Å². The summed E-state index contributed by atoms with van der Waals surface area (Å²) in [5.74, 6) is 5.28. The molecule has 0 aliphatic carbocycles. The zero-order valence-electron chi connectivity index (χ0n) is 7.92. The molecule has 12 heavy (non-hydrogen) atoms. The van der Waals surface area contributed by atoms with Crippen LogP contribution in [-0.4, -0.2) is 11.2 Å². The number of hydrogen-bond donors (Lipinski definition) is 2. The summed E-state index contributed by atoms with van der Waals surface area (Å²) >= 11 is 1.49. The molecule has 0 aromatic carbocycles. The third-order valence-electron chi connectivity index (χ3n) is 1.13. The topological polar surface area (TPSA) is 50.4 Å². The van der Waals surface area contributed by atoms with Gasteiger partial charge in [0.05, 0.1) is 0 Å². The van der Waals surface area contributed by atoms with Crippen LogP contribution < -0.4 is 11.3 Å². The van der Waals surface area contributed by atoms with E-state index in [-0.39, 0.29) is 6.04 Å². The standard InChI is InChI=1S/C8H17N3S/c1-5-7(4)12-8(11-9)10-6(2)3/h6H,4-5,9H2,1-3H3,(H,10,11). The summed E-state index contributed by atoms with van der Waals surface area (Å²) in [4.78, 5) is 5.33. The van der Waals surface area contributed by atoms with Crippen molar-refractivity contribution < 1.29 is 0 Å². The lowest BCUT2D eigenvalue weighted by Gasteiger charge is -2.07. The predicted molar refractivity (Wildman–Crippen MR) is 56.9 cm³/mol. The van der Waals surface area contributed by atoms with Crippen LogP contribution in [0.25, 0.3) is 0 Å². The molecule has 0 fully saturated rings. The number of amidine groups is 1. The highest BCUT2D eigenvalue weighted by Gasteiger charge is 2.00. The molecule has 0 aliphatic rings. The minimum Gasteiger partial charge on any atom is -0.303 e. The van der Waals surface area contributed by atoms with Gasteiger partial charge < -0.3 is 5.43 Å². The maximum absolute atomic E-state index is 5.28. The Labute approximate surface area is 78.5 Å². The molecular weight excluding hydrogens is 170 g/mol. The molecule has 0 saturated heterocycles. The lowest BCUT2D eigenvalue weighted by Crippen LogP contribution is -2.28. The Hall–Kier alpha value is -0.480. The predicted octanol–water partition coefficient (Wildman–Crippen LogP) is 1.87. The fourth-order valence-corrected chi connectivity index (χ4v) is 1.28. The van der Waals surface area contributed by atoms with Crippen LogP contribution in [0, 0.1) is 0 Å². The molecule has 0 saturated carbocycles. The van der Waals surface area contributed by atoms with E-state index in [1.165, 1.54) is 11.8 Å². The Morgan fingerprint density at radius 3 is 2.58 bits per heavy atom. The van der Waals surface area contributed by atoms with Gasteiger partial charge in [-0.25, -0.2) is 5.84 Å². The zero-order chi connectivity index (χ0) is 9.56. The van der Waals surface area contributed by atoms with Gasteiger partial charge in [-0.2, -0.15) is 0 Å². The van der Waals surface area contributed by atoms with E-state index in [0.29, 0.717) is 0 Å². The molecular formula is C8H17N3S. The lowest BCUT2D eigenvalue weighted by molar-refractivity contribution is 0.826. The maximum Gasteiger partial charge on any atom is 0.175 e. The van der Waals surface area contributed by atoms with Crippen LogP contribution in [0.4, 0.5) is 0 Å². The van der Waals surface area contributed by atoms with Gasteiger partial charge in [0.2, 0.25) is 0 Å². The van der Waals surface area contributed by atoms with Gasteiger partial charge in [0.15, 0.2) is 5.17 Å². The summed E-state index contributed by atoms with van der Waals surface area (Å²) in [7, 11) is 0. The number of thioether (sulfide) groups is 1. The van der Waals surface area contributed by atoms with Gasteiger partial charge in [-0.3, -0.25) is 4.99 Å². The van der Waals surface area contributed by atoms with Crippen LogP contribution >= 0.6 is 11.8 Å². The van der Waals surface area contributed by atoms with Crippen LogP contribution in [0.5, 0.6) is 0 Å². The van der Waals surface area contributed by atoms with Gasteiger partial charge in [-0.15, -0.1) is 0 Å². The van der Waals surface area contributed by atoms with E-state index in [9.17, 15) is 0 Å². The highest BCUT2D eigenvalue weighted by molar-refractivity contribution is 8.17. The molecule has 0 unspecified atom stereocenters. The average molecular weight is 187 g/mol. The number of rotatable bonds is 3. The SMILES string of the molecule is C=C(CC)SC(=NC(C)C)NN. The maximum atomic E-state index is 5.28. The Morgan fingerprint density at radius 2 is 2.25 bits per heavy atom. The van der Waals surface area contributed by atoms with Crippen molar-refractivity contribution in [2.75, 3.05) is 0 Å². The third-order valence-corrected chi connectivity index (χ3v) is 2.13. The molecule has 3 N–H and O–H groups in total. The van der Waals surface area contributed by atoms with Crippen LogP contribution in [-0.2, 0) is 0 Å². The Balaban J connectivity index is 4.08. The number of hydrogen-bond acceptors (Lipinski definition) is 3. The van der Waals surface area contributed by atoms with Crippen LogP contribution in [0.15, 0.2) is 16.5 Å². The number of nitrogens with two attached hydrogens (primary N) is 1. The molecule has 0 spiro atoms. The lowest BCUT2D eigenvalue weighted by atomic mass is 10.4. The first-order valence-corrected chi connectivity index (χ1v) is 4.81. The molecule has 3 nitrogen and oxygen atoms in total. The van der Waals surface area contributed by atoms with Crippen molar-refractivity contribution in [3.05, 3.63) is 11.5 Å². The second-order valence-electron chi connectivity index (χ2n) is 2.67. The number of aliphatic imine (C=N–C) groups is 1. The first kappa shape index (κ1) is 11.5. The summed E-state index contributed by atoms with van der Waals surface area (Å²) in [6.45, 7) is 9.92. The molecule has 4 heteroatoms. The highest BCUT2D eigenvalue weighted by atomic mass is 32.2. The summed E-state index contributed by atoms with van der Waals surface area (Å²) in [6.07, 6.45) is 0.934. The van der Waals surface area contributed by atoms with Crippen molar-refractivity contribution in [2.45, 2.75) is 33.2 Å². The van der Waals surface area contributed by atoms with Crippen LogP contribution in [0.1, 0.15) is 27.2 Å². The second kappa shape index (κ2) is 6.08. The van der Waals surface area contributed by atoms with E-state index >= 15 is 0 Å². The minimum atomic E-state index is 0.258. The number of allylic oxidation sites excluding steroid dienone is 1. The first-order valence-electron chi connectivity index (χ1n) is 4.00. The zero-order valence-corrected chi connectivity index (χ0v) is 8.74. The van der Waals surface area contributed by atoms with Gasteiger partial charge in [-0.1, -0.05) is 25.3 Å². The van der Waals surface area contributed by atoms with Crippen molar-refractivity contribution in [3.8, 4) is 0 Å². The molecule has 0 aromatic heterocycles. The first-order chi connectivity index (χ1) is 5.60. The van der Waals surface area contributed by atoms with Crippen molar-refractivity contribution in [1.82, 2.24) is 5.43 Å². The molecule has 0 heterocycles. The molecule has 0 radical (unpaired) electrons. The van der Waals surface area contributed by atoms with Gasteiger partial charge in [0, 0.05) is 6.04 Å². The monoisotopic (exact) mass is 187 g/mol. The molecule has 0 atom stereocenters. The summed E-state index contributed by atoms with van der Waals surface area (Å²) in [5, 5.41) is 0.733. The number of hydrazine groups is 1. The normalized spacial score (nSPS) is 11.9. The Kier molecular flexibility index (Phi) is 5.84. The second-order valence-corrected chi connectivity index (χ2v) is 3.83. The van der Waals surface area contributed by atoms with Crippen molar-refractivity contribution in [2.24, 2.45) is 10.8 Å². The van der Waals surface area contributed by atoms with Gasteiger partial charge in [-0.05, 0) is 25.2 Å². The molecule has 0 aromatic rings.